The number of amides is 1. The van der Waals surface area contributed by atoms with Crippen LogP contribution in [0, 0.1) is 19.7 Å². The molecule has 0 radical (unpaired) electrons. The predicted molar refractivity (Wildman–Crippen MR) is 101 cm³/mol. The Balaban J connectivity index is 1.89. The minimum absolute atomic E-state index is 0.182. The van der Waals surface area contributed by atoms with Gasteiger partial charge in [-0.2, -0.15) is 5.10 Å². The van der Waals surface area contributed by atoms with Gasteiger partial charge in [0.2, 0.25) is 0 Å². The van der Waals surface area contributed by atoms with E-state index in [1.165, 1.54) is 29.1 Å². The second-order valence-electron chi connectivity index (χ2n) is 6.21. The molecule has 0 spiro atoms. The van der Waals surface area contributed by atoms with E-state index in [1.54, 1.807) is 38.1 Å². The minimum atomic E-state index is -3.32. The molecule has 8 heteroatoms. The van der Waals surface area contributed by atoms with Gasteiger partial charge in [-0.25, -0.2) is 17.5 Å². The maximum atomic E-state index is 14.0. The normalized spacial score (nSPS) is 11.4. The van der Waals surface area contributed by atoms with Crippen LogP contribution in [-0.4, -0.2) is 30.4 Å². The number of hydrogen-bond acceptors (Lipinski definition) is 4. The molecule has 6 nitrogen and oxygen atoms in total. The van der Waals surface area contributed by atoms with Gasteiger partial charge < -0.3 is 5.32 Å². The summed E-state index contributed by atoms with van der Waals surface area (Å²) in [5.74, 6) is -0.854. The Labute approximate surface area is 156 Å². The first kappa shape index (κ1) is 18.8. The van der Waals surface area contributed by atoms with E-state index < -0.39 is 21.6 Å². The van der Waals surface area contributed by atoms with Gasteiger partial charge in [0, 0.05) is 11.9 Å². The van der Waals surface area contributed by atoms with Crippen molar-refractivity contribution in [3.63, 3.8) is 0 Å². The molecule has 0 saturated carbocycles. The van der Waals surface area contributed by atoms with E-state index in [1.807, 2.05) is 0 Å². The molecule has 1 aromatic heterocycles. The highest BCUT2D eigenvalue weighted by Crippen LogP contribution is 2.22. The van der Waals surface area contributed by atoms with Crippen LogP contribution in [0.15, 0.2) is 53.6 Å². The van der Waals surface area contributed by atoms with E-state index in [9.17, 15) is 17.6 Å². The number of benzene rings is 2. The summed E-state index contributed by atoms with van der Waals surface area (Å²) < 4.78 is 38.6. The summed E-state index contributed by atoms with van der Waals surface area (Å²) in [7, 11) is -3.32. The molecular weight excluding hydrogens is 369 g/mol. The first-order valence-corrected chi connectivity index (χ1v) is 9.99. The Bertz CT molecular complexity index is 1140. The summed E-state index contributed by atoms with van der Waals surface area (Å²) in [5.41, 5.74) is 2.14. The van der Waals surface area contributed by atoms with Crippen molar-refractivity contribution in [3.8, 4) is 5.69 Å². The maximum Gasteiger partial charge on any atom is 0.259 e. The lowest BCUT2D eigenvalue weighted by molar-refractivity contribution is 0.102. The molecule has 0 atom stereocenters. The van der Waals surface area contributed by atoms with Gasteiger partial charge in [-0.3, -0.25) is 4.79 Å². The van der Waals surface area contributed by atoms with Gasteiger partial charge in [0.15, 0.2) is 9.84 Å². The van der Waals surface area contributed by atoms with Crippen LogP contribution >= 0.6 is 0 Å². The number of aryl methyl sites for hydroxylation is 1. The SMILES string of the molecule is Cc1cc(S(C)(=O)=O)ccc1NC(=O)c1cnn(-c2ccccc2F)c1C. The van der Waals surface area contributed by atoms with Gasteiger partial charge in [-0.05, 0) is 49.7 Å². The molecule has 3 rings (SSSR count). The van der Waals surface area contributed by atoms with E-state index in [2.05, 4.69) is 10.4 Å². The number of rotatable bonds is 4. The van der Waals surface area contributed by atoms with Crippen molar-refractivity contribution in [2.75, 3.05) is 11.6 Å². The zero-order chi connectivity index (χ0) is 19.8. The average molecular weight is 387 g/mol. The number of anilines is 1. The molecule has 0 aliphatic heterocycles. The van der Waals surface area contributed by atoms with E-state index in [-0.39, 0.29) is 10.6 Å². The highest BCUT2D eigenvalue weighted by Gasteiger charge is 2.18. The molecule has 140 valence electrons. The number of sulfone groups is 1. The lowest BCUT2D eigenvalue weighted by Crippen LogP contribution is -2.14. The van der Waals surface area contributed by atoms with Crippen molar-refractivity contribution >= 4 is 21.4 Å². The van der Waals surface area contributed by atoms with Crippen LogP contribution in [0.3, 0.4) is 0 Å². The van der Waals surface area contributed by atoms with Gasteiger partial charge in [0.25, 0.3) is 5.91 Å². The van der Waals surface area contributed by atoms with Gasteiger partial charge in [-0.1, -0.05) is 12.1 Å². The van der Waals surface area contributed by atoms with Crippen molar-refractivity contribution < 1.29 is 17.6 Å². The van der Waals surface area contributed by atoms with E-state index in [4.69, 9.17) is 0 Å². The molecule has 0 fully saturated rings. The smallest absolute Gasteiger partial charge is 0.259 e. The summed E-state index contributed by atoms with van der Waals surface area (Å²) in [4.78, 5) is 12.8. The number of hydrogen-bond donors (Lipinski definition) is 1. The zero-order valence-electron chi connectivity index (χ0n) is 15.0. The minimum Gasteiger partial charge on any atom is -0.322 e. The van der Waals surface area contributed by atoms with Gasteiger partial charge in [-0.15, -0.1) is 0 Å². The summed E-state index contributed by atoms with van der Waals surface area (Å²) in [6.45, 7) is 3.38. The largest absolute Gasteiger partial charge is 0.322 e. The molecular formula is C19H18FN3O3S. The van der Waals surface area contributed by atoms with Crippen LogP contribution in [0.4, 0.5) is 10.1 Å². The second kappa shape index (κ2) is 6.96. The Morgan fingerprint density at radius 3 is 2.48 bits per heavy atom. The second-order valence-corrected chi connectivity index (χ2v) is 8.23. The maximum absolute atomic E-state index is 14.0. The van der Waals surface area contributed by atoms with Gasteiger partial charge >= 0.3 is 0 Å². The molecule has 0 unspecified atom stereocenters. The molecule has 3 aromatic rings. The Hall–Kier alpha value is -3.00. The Morgan fingerprint density at radius 2 is 1.85 bits per heavy atom. The highest BCUT2D eigenvalue weighted by molar-refractivity contribution is 7.90. The first-order chi connectivity index (χ1) is 12.7. The lowest BCUT2D eigenvalue weighted by atomic mass is 10.2. The Morgan fingerprint density at radius 1 is 1.15 bits per heavy atom. The number of nitrogens with one attached hydrogen (secondary N) is 1. The summed E-state index contributed by atoms with van der Waals surface area (Å²) in [6, 6.07) is 10.6. The number of aromatic nitrogens is 2. The number of nitrogens with zero attached hydrogens (tertiary/aromatic N) is 2. The first-order valence-electron chi connectivity index (χ1n) is 8.10. The fraction of sp³-hybridized carbons (Fsp3) is 0.158. The predicted octanol–water partition coefficient (Wildman–Crippen LogP) is 3.28. The molecule has 1 N–H and O–H groups in total. The highest BCUT2D eigenvalue weighted by atomic mass is 32.2. The lowest BCUT2D eigenvalue weighted by Gasteiger charge is -2.10. The molecule has 0 saturated heterocycles. The van der Waals surface area contributed by atoms with Crippen LogP contribution in [0.2, 0.25) is 0 Å². The number of halogens is 1. The fourth-order valence-corrected chi connectivity index (χ4v) is 3.40. The topological polar surface area (TPSA) is 81.1 Å². The van der Waals surface area contributed by atoms with Crippen molar-refractivity contribution in [1.29, 1.82) is 0 Å². The van der Waals surface area contributed by atoms with Crippen LogP contribution in [0.5, 0.6) is 0 Å². The van der Waals surface area contributed by atoms with Crippen molar-refractivity contribution in [1.82, 2.24) is 9.78 Å². The Kier molecular flexibility index (Phi) is 4.84. The summed E-state index contributed by atoms with van der Waals surface area (Å²) in [5, 5.41) is 6.86. The summed E-state index contributed by atoms with van der Waals surface area (Å²) >= 11 is 0. The molecule has 27 heavy (non-hydrogen) atoms. The standard InChI is InChI=1S/C19H18FN3O3S/c1-12-10-14(27(3,25)26)8-9-17(12)22-19(24)15-11-21-23(13(15)2)18-7-5-4-6-16(18)20/h4-11H,1-3H3,(H,22,24). The van der Waals surface area contributed by atoms with Gasteiger partial charge in [0.1, 0.15) is 11.5 Å². The van der Waals surface area contributed by atoms with Crippen molar-refractivity contribution in [3.05, 3.63) is 71.3 Å². The molecule has 1 heterocycles. The monoisotopic (exact) mass is 387 g/mol. The third-order valence-electron chi connectivity index (χ3n) is 4.21. The fourth-order valence-electron chi connectivity index (χ4n) is 2.70. The molecule has 0 aliphatic carbocycles. The summed E-state index contributed by atoms with van der Waals surface area (Å²) in [6.07, 6.45) is 2.50. The molecule has 0 aliphatic rings. The number of carbonyl (C=O) groups is 1. The van der Waals surface area contributed by atoms with Crippen LogP contribution in [-0.2, 0) is 9.84 Å². The average Bonchev–Trinajstić information content (AvgIpc) is 2.97. The van der Waals surface area contributed by atoms with Crippen LogP contribution in [0.1, 0.15) is 21.6 Å². The zero-order valence-corrected chi connectivity index (χ0v) is 15.8. The molecule has 0 bridgehead atoms. The van der Waals surface area contributed by atoms with E-state index >= 15 is 0 Å². The van der Waals surface area contributed by atoms with Crippen LogP contribution in [0.25, 0.3) is 5.69 Å². The third kappa shape index (κ3) is 3.75. The number of para-hydroxylation sites is 1. The van der Waals surface area contributed by atoms with E-state index in [0.717, 1.165) is 6.26 Å². The van der Waals surface area contributed by atoms with Crippen molar-refractivity contribution in [2.24, 2.45) is 0 Å². The van der Waals surface area contributed by atoms with Crippen LogP contribution < -0.4 is 5.32 Å². The molecule has 2 aromatic carbocycles. The van der Waals surface area contributed by atoms with E-state index in [0.29, 0.717) is 22.5 Å². The van der Waals surface area contributed by atoms with Gasteiger partial charge in [0.05, 0.1) is 22.3 Å². The number of carbonyl (C=O) groups excluding carboxylic acids is 1. The third-order valence-corrected chi connectivity index (χ3v) is 5.32. The molecule has 1 amide bonds. The van der Waals surface area contributed by atoms with Crippen molar-refractivity contribution in [2.45, 2.75) is 18.7 Å². The quantitative estimate of drug-likeness (QED) is 0.745.